The molecule has 2 aromatic rings. The molecule has 0 bridgehead atoms. The van der Waals surface area contributed by atoms with Gasteiger partial charge in [0.1, 0.15) is 5.03 Å². The molecule has 0 aliphatic heterocycles. The first-order valence-corrected chi connectivity index (χ1v) is 10.8. The first-order chi connectivity index (χ1) is 14.0. The van der Waals surface area contributed by atoms with Gasteiger partial charge < -0.3 is 10.1 Å². The summed E-state index contributed by atoms with van der Waals surface area (Å²) in [7, 11) is -0.947. The number of alkyl halides is 2. The number of rotatable bonds is 8. The van der Waals surface area contributed by atoms with Crippen molar-refractivity contribution in [3.05, 3.63) is 48.2 Å². The predicted octanol–water partition coefficient (Wildman–Crippen LogP) is 2.83. The van der Waals surface area contributed by atoms with Gasteiger partial charge in [0.2, 0.25) is 10.0 Å². The van der Waals surface area contributed by atoms with E-state index in [0.29, 0.717) is 0 Å². The molecule has 0 radical (unpaired) electrons. The van der Waals surface area contributed by atoms with Crippen LogP contribution in [0.2, 0.25) is 0 Å². The number of carbonyl (C=O) groups is 2. The number of hydrogen-bond donors (Lipinski definition) is 1. The van der Waals surface area contributed by atoms with E-state index in [2.05, 4.69) is 10.3 Å². The summed E-state index contributed by atoms with van der Waals surface area (Å²) in [4.78, 5) is 28.3. The van der Waals surface area contributed by atoms with Gasteiger partial charge in [0.15, 0.2) is 6.10 Å². The van der Waals surface area contributed by atoms with E-state index >= 15 is 0 Å². The minimum absolute atomic E-state index is 0.0287. The molecule has 1 atom stereocenters. The lowest BCUT2D eigenvalue weighted by atomic mass is 10.2. The lowest BCUT2D eigenvalue weighted by Gasteiger charge is -2.16. The molecule has 8 nitrogen and oxygen atoms in total. The highest BCUT2D eigenvalue weighted by molar-refractivity contribution is 7.99. The summed E-state index contributed by atoms with van der Waals surface area (Å²) in [5.74, 6) is -4.49. The molecule has 162 valence electrons. The van der Waals surface area contributed by atoms with E-state index in [1.807, 2.05) is 0 Å². The molecule has 0 saturated heterocycles. The Hall–Kier alpha value is -2.57. The molecule has 1 aromatic carbocycles. The fourth-order valence-electron chi connectivity index (χ4n) is 2.19. The zero-order valence-corrected chi connectivity index (χ0v) is 17.8. The number of ether oxygens (including phenoxy) is 1. The molecule has 1 unspecified atom stereocenters. The fourth-order valence-corrected chi connectivity index (χ4v) is 3.71. The third-order valence-corrected chi connectivity index (χ3v) is 6.26. The van der Waals surface area contributed by atoms with Gasteiger partial charge in [-0.1, -0.05) is 6.07 Å². The Morgan fingerprint density at radius 2 is 1.90 bits per heavy atom. The summed E-state index contributed by atoms with van der Waals surface area (Å²) in [6.07, 6.45) is -0.0249. The summed E-state index contributed by atoms with van der Waals surface area (Å²) >= 11 is 0.0909. The maximum absolute atomic E-state index is 12.6. The summed E-state index contributed by atoms with van der Waals surface area (Å²) < 4.78 is 55.7. The van der Waals surface area contributed by atoms with E-state index < -0.39 is 33.8 Å². The number of benzene rings is 1. The van der Waals surface area contributed by atoms with Crippen molar-refractivity contribution in [1.29, 1.82) is 0 Å². The lowest BCUT2D eigenvalue weighted by Crippen LogP contribution is -2.30. The van der Waals surface area contributed by atoms with Crippen LogP contribution in [-0.4, -0.2) is 55.5 Å². The van der Waals surface area contributed by atoms with E-state index in [1.54, 1.807) is 0 Å². The SMILES string of the molecule is CC(OC(=O)c1cccnc1SC(F)F)C(=O)Nc1cccc(S(=O)(=O)N(C)C)c1. The zero-order valence-electron chi connectivity index (χ0n) is 16.2. The van der Waals surface area contributed by atoms with Crippen LogP contribution in [0.5, 0.6) is 0 Å². The van der Waals surface area contributed by atoms with Crippen molar-refractivity contribution in [2.75, 3.05) is 19.4 Å². The lowest BCUT2D eigenvalue weighted by molar-refractivity contribution is -0.123. The van der Waals surface area contributed by atoms with Crippen molar-refractivity contribution in [3.8, 4) is 0 Å². The molecule has 0 aliphatic carbocycles. The standard InChI is InChI=1S/C18H19F2N3O5S2/c1-11(28-17(25)14-8-5-9-21-16(14)29-18(19)20)15(24)22-12-6-4-7-13(10-12)30(26,27)23(2)3/h4-11,18H,1-3H3,(H,22,24). The molecule has 0 aliphatic rings. The second kappa shape index (κ2) is 9.96. The molecule has 12 heteroatoms. The molecule has 1 heterocycles. The Bertz CT molecular complexity index is 1030. The maximum Gasteiger partial charge on any atom is 0.341 e. The minimum atomic E-state index is -3.70. The number of hydrogen-bond acceptors (Lipinski definition) is 7. The Morgan fingerprint density at radius 1 is 1.20 bits per heavy atom. The van der Waals surface area contributed by atoms with Gasteiger partial charge in [-0.3, -0.25) is 4.79 Å². The van der Waals surface area contributed by atoms with Crippen molar-refractivity contribution in [1.82, 2.24) is 9.29 Å². The number of sulfonamides is 1. The highest BCUT2D eigenvalue weighted by Crippen LogP contribution is 2.27. The van der Waals surface area contributed by atoms with Gasteiger partial charge in [-0.2, -0.15) is 8.78 Å². The van der Waals surface area contributed by atoms with Gasteiger partial charge in [0, 0.05) is 26.0 Å². The molecular formula is C18H19F2N3O5S2. The van der Waals surface area contributed by atoms with E-state index in [9.17, 15) is 26.8 Å². The van der Waals surface area contributed by atoms with Crippen molar-refractivity contribution < 1.29 is 31.5 Å². The van der Waals surface area contributed by atoms with Gasteiger partial charge in [-0.25, -0.2) is 22.5 Å². The van der Waals surface area contributed by atoms with Crippen molar-refractivity contribution in [3.63, 3.8) is 0 Å². The Kier molecular flexibility index (Phi) is 7.87. The average molecular weight is 459 g/mol. The van der Waals surface area contributed by atoms with Crippen LogP contribution in [0.3, 0.4) is 0 Å². The second-order valence-corrected chi connectivity index (χ2v) is 9.22. The third-order valence-electron chi connectivity index (χ3n) is 3.72. The summed E-state index contributed by atoms with van der Waals surface area (Å²) in [5, 5.41) is 2.24. The number of aromatic nitrogens is 1. The number of halogens is 2. The Morgan fingerprint density at radius 3 is 2.53 bits per heavy atom. The summed E-state index contributed by atoms with van der Waals surface area (Å²) in [6.45, 7) is 1.30. The highest BCUT2D eigenvalue weighted by atomic mass is 32.2. The fraction of sp³-hybridized carbons (Fsp3) is 0.278. The normalized spacial score (nSPS) is 12.6. The number of nitrogens with one attached hydrogen (secondary N) is 1. The van der Waals surface area contributed by atoms with Gasteiger partial charge in [0.05, 0.1) is 10.5 Å². The first kappa shape index (κ1) is 23.7. The van der Waals surface area contributed by atoms with E-state index in [0.717, 1.165) is 4.31 Å². The van der Waals surface area contributed by atoms with E-state index in [1.165, 1.54) is 63.6 Å². The monoisotopic (exact) mass is 459 g/mol. The minimum Gasteiger partial charge on any atom is -0.449 e. The maximum atomic E-state index is 12.6. The Labute approximate surface area is 176 Å². The topological polar surface area (TPSA) is 106 Å². The van der Waals surface area contributed by atoms with Crippen LogP contribution in [0.25, 0.3) is 0 Å². The molecule has 1 amide bonds. The number of amides is 1. The zero-order chi connectivity index (χ0) is 22.5. The third kappa shape index (κ3) is 5.97. The molecule has 1 N–H and O–H groups in total. The smallest absolute Gasteiger partial charge is 0.341 e. The van der Waals surface area contributed by atoms with Crippen LogP contribution in [-0.2, 0) is 19.6 Å². The van der Waals surface area contributed by atoms with Crippen LogP contribution in [0.4, 0.5) is 14.5 Å². The highest BCUT2D eigenvalue weighted by Gasteiger charge is 2.24. The van der Waals surface area contributed by atoms with Gasteiger partial charge in [-0.05, 0) is 49.0 Å². The van der Waals surface area contributed by atoms with Crippen LogP contribution in [0.15, 0.2) is 52.5 Å². The number of nitrogens with zero attached hydrogens (tertiary/aromatic N) is 2. The van der Waals surface area contributed by atoms with Crippen molar-refractivity contribution in [2.24, 2.45) is 0 Å². The molecule has 0 saturated carbocycles. The number of thioether (sulfide) groups is 1. The van der Waals surface area contributed by atoms with Gasteiger partial charge >= 0.3 is 5.97 Å². The summed E-state index contributed by atoms with van der Waals surface area (Å²) in [6, 6.07) is 8.21. The summed E-state index contributed by atoms with van der Waals surface area (Å²) in [5.41, 5.74) is -0.0114. The van der Waals surface area contributed by atoms with E-state index in [-0.39, 0.29) is 32.9 Å². The number of anilines is 1. The number of carbonyl (C=O) groups excluding carboxylic acids is 2. The number of pyridine rings is 1. The second-order valence-electron chi connectivity index (χ2n) is 6.09. The average Bonchev–Trinajstić information content (AvgIpc) is 2.67. The van der Waals surface area contributed by atoms with Crippen LogP contribution < -0.4 is 5.32 Å². The number of esters is 1. The molecule has 2 rings (SSSR count). The van der Waals surface area contributed by atoms with Crippen LogP contribution in [0, 0.1) is 0 Å². The quantitative estimate of drug-likeness (QED) is 0.478. The molecule has 0 fully saturated rings. The van der Waals surface area contributed by atoms with Gasteiger partial charge in [0.25, 0.3) is 11.7 Å². The predicted molar refractivity (Wildman–Crippen MR) is 107 cm³/mol. The van der Waals surface area contributed by atoms with Crippen LogP contribution >= 0.6 is 11.8 Å². The molecular weight excluding hydrogens is 440 g/mol. The van der Waals surface area contributed by atoms with E-state index in [4.69, 9.17) is 4.74 Å². The molecule has 30 heavy (non-hydrogen) atoms. The molecule has 0 spiro atoms. The molecule has 1 aromatic heterocycles. The largest absolute Gasteiger partial charge is 0.449 e. The van der Waals surface area contributed by atoms with Crippen LogP contribution in [0.1, 0.15) is 17.3 Å². The van der Waals surface area contributed by atoms with Crippen molar-refractivity contribution in [2.45, 2.75) is 28.7 Å². The Balaban J connectivity index is 2.10. The first-order valence-electron chi connectivity index (χ1n) is 8.46. The van der Waals surface area contributed by atoms with Gasteiger partial charge in [-0.15, -0.1) is 0 Å². The van der Waals surface area contributed by atoms with Crippen molar-refractivity contribution >= 4 is 39.3 Å².